The molecule has 1 amide bonds. The van der Waals surface area contributed by atoms with Crippen LogP contribution in [0.25, 0.3) is 0 Å². The first-order valence-electron chi connectivity index (χ1n) is 6.89. The molecule has 2 N–H and O–H groups in total. The Morgan fingerprint density at radius 3 is 2.70 bits per heavy atom. The maximum Gasteiger partial charge on any atom is 0.220 e. The highest BCUT2D eigenvalue weighted by molar-refractivity contribution is 5.76. The van der Waals surface area contributed by atoms with E-state index in [2.05, 4.69) is 5.32 Å². The predicted octanol–water partition coefficient (Wildman–Crippen LogP) is 2.69. The topological polar surface area (TPSA) is 49.3 Å². The van der Waals surface area contributed by atoms with Crippen molar-refractivity contribution in [1.29, 1.82) is 0 Å². The molecule has 110 valence electrons. The Morgan fingerprint density at radius 2 is 2.10 bits per heavy atom. The van der Waals surface area contributed by atoms with Crippen molar-refractivity contribution in [1.82, 2.24) is 5.32 Å². The largest absolute Gasteiger partial charge is 0.386 e. The van der Waals surface area contributed by atoms with Crippen molar-refractivity contribution in [3.8, 4) is 0 Å². The molecule has 3 nitrogen and oxygen atoms in total. The number of benzene rings is 1. The number of rotatable bonds is 6. The highest BCUT2D eigenvalue weighted by Crippen LogP contribution is 2.33. The maximum absolute atomic E-state index is 13.1. The van der Waals surface area contributed by atoms with E-state index in [0.717, 1.165) is 18.6 Å². The lowest BCUT2D eigenvalue weighted by molar-refractivity contribution is -0.122. The zero-order valence-corrected chi connectivity index (χ0v) is 11.4. The monoisotopic (exact) mass is 283 g/mol. The van der Waals surface area contributed by atoms with Crippen LogP contribution >= 0.6 is 0 Å². The minimum Gasteiger partial charge on any atom is -0.386 e. The number of aliphatic hydroxyl groups excluding tert-OH is 1. The smallest absolute Gasteiger partial charge is 0.220 e. The summed E-state index contributed by atoms with van der Waals surface area (Å²) in [7, 11) is 0. The van der Waals surface area contributed by atoms with Gasteiger partial charge in [0.15, 0.2) is 11.6 Å². The number of halogens is 2. The van der Waals surface area contributed by atoms with E-state index < -0.39 is 23.8 Å². The van der Waals surface area contributed by atoms with Crippen LogP contribution in [0.5, 0.6) is 0 Å². The van der Waals surface area contributed by atoms with Crippen LogP contribution in [0.4, 0.5) is 8.78 Å². The summed E-state index contributed by atoms with van der Waals surface area (Å²) in [6, 6.07) is 2.68. The standard InChI is InChI=1S/C15H19F2NO2/c1-9(18-14(19)7-4-10-2-3-10)15(20)11-5-6-12(16)13(17)8-11/h5-6,8-10,15,20H,2-4,7H2,1H3,(H,18,19). The molecule has 0 saturated heterocycles. The molecule has 1 aromatic rings. The van der Waals surface area contributed by atoms with Crippen molar-refractivity contribution >= 4 is 5.91 Å². The van der Waals surface area contributed by atoms with E-state index in [9.17, 15) is 18.7 Å². The molecule has 0 bridgehead atoms. The fraction of sp³-hybridized carbons (Fsp3) is 0.533. The van der Waals surface area contributed by atoms with Crippen LogP contribution in [0.3, 0.4) is 0 Å². The van der Waals surface area contributed by atoms with Gasteiger partial charge >= 0.3 is 0 Å². The first kappa shape index (κ1) is 14.9. The second-order valence-electron chi connectivity index (χ2n) is 5.46. The Morgan fingerprint density at radius 1 is 1.40 bits per heavy atom. The zero-order valence-electron chi connectivity index (χ0n) is 11.4. The second-order valence-corrected chi connectivity index (χ2v) is 5.46. The minimum atomic E-state index is -1.06. The van der Waals surface area contributed by atoms with Crippen LogP contribution in [-0.2, 0) is 4.79 Å². The Labute approximate surface area is 117 Å². The predicted molar refractivity (Wildman–Crippen MR) is 70.9 cm³/mol. The van der Waals surface area contributed by atoms with Gasteiger partial charge in [0.25, 0.3) is 0 Å². The van der Waals surface area contributed by atoms with E-state index in [4.69, 9.17) is 0 Å². The van der Waals surface area contributed by atoms with Crippen molar-refractivity contribution in [3.05, 3.63) is 35.4 Å². The molecule has 0 aliphatic heterocycles. The van der Waals surface area contributed by atoms with Crippen LogP contribution in [0.2, 0.25) is 0 Å². The first-order chi connectivity index (χ1) is 9.47. The summed E-state index contributed by atoms with van der Waals surface area (Å²) in [5, 5.41) is 12.7. The first-order valence-corrected chi connectivity index (χ1v) is 6.89. The van der Waals surface area contributed by atoms with E-state index in [1.165, 1.54) is 18.9 Å². The molecular formula is C15H19F2NO2. The van der Waals surface area contributed by atoms with E-state index in [0.29, 0.717) is 12.3 Å². The summed E-state index contributed by atoms with van der Waals surface area (Å²) in [6.07, 6.45) is 2.65. The Kier molecular flexibility index (Phi) is 4.70. The third-order valence-corrected chi connectivity index (χ3v) is 3.62. The third-order valence-electron chi connectivity index (χ3n) is 3.62. The fourth-order valence-corrected chi connectivity index (χ4v) is 2.13. The Hall–Kier alpha value is -1.49. The van der Waals surface area contributed by atoms with Crippen LogP contribution < -0.4 is 5.32 Å². The van der Waals surface area contributed by atoms with Gasteiger partial charge in [0.05, 0.1) is 12.1 Å². The fourth-order valence-electron chi connectivity index (χ4n) is 2.13. The van der Waals surface area contributed by atoms with Crippen LogP contribution in [0, 0.1) is 17.6 Å². The molecule has 2 rings (SSSR count). The lowest BCUT2D eigenvalue weighted by Gasteiger charge is -2.20. The van der Waals surface area contributed by atoms with E-state index in [1.807, 2.05) is 0 Å². The molecule has 5 heteroatoms. The van der Waals surface area contributed by atoms with E-state index in [1.54, 1.807) is 6.92 Å². The van der Waals surface area contributed by atoms with Crippen LogP contribution in [0.15, 0.2) is 18.2 Å². The highest BCUT2D eigenvalue weighted by atomic mass is 19.2. The number of carbonyl (C=O) groups excluding carboxylic acids is 1. The average Bonchev–Trinajstić information content (AvgIpc) is 3.23. The van der Waals surface area contributed by atoms with Gasteiger partial charge in [0, 0.05) is 6.42 Å². The van der Waals surface area contributed by atoms with Gasteiger partial charge in [-0.2, -0.15) is 0 Å². The van der Waals surface area contributed by atoms with Gasteiger partial charge in [0.1, 0.15) is 0 Å². The van der Waals surface area contributed by atoms with Gasteiger partial charge in [-0.1, -0.05) is 18.9 Å². The van der Waals surface area contributed by atoms with Crippen molar-refractivity contribution in [3.63, 3.8) is 0 Å². The molecule has 20 heavy (non-hydrogen) atoms. The minimum absolute atomic E-state index is 0.119. The van der Waals surface area contributed by atoms with Crippen molar-refractivity contribution in [2.75, 3.05) is 0 Å². The van der Waals surface area contributed by atoms with Crippen LogP contribution in [0.1, 0.15) is 44.3 Å². The number of hydrogen-bond donors (Lipinski definition) is 2. The molecule has 1 fully saturated rings. The van der Waals surface area contributed by atoms with Gasteiger partial charge < -0.3 is 10.4 Å². The van der Waals surface area contributed by atoms with Gasteiger partial charge in [-0.3, -0.25) is 4.79 Å². The summed E-state index contributed by atoms with van der Waals surface area (Å²) >= 11 is 0. The summed E-state index contributed by atoms with van der Waals surface area (Å²) in [5.41, 5.74) is 0.249. The average molecular weight is 283 g/mol. The number of aliphatic hydroxyl groups is 1. The molecule has 0 aromatic heterocycles. The normalized spacial score (nSPS) is 17.6. The van der Waals surface area contributed by atoms with Gasteiger partial charge in [-0.05, 0) is 37.0 Å². The zero-order chi connectivity index (χ0) is 14.7. The number of carbonyl (C=O) groups is 1. The number of amides is 1. The Balaban J connectivity index is 1.87. The summed E-state index contributed by atoms with van der Waals surface area (Å²) in [6.45, 7) is 1.64. The molecule has 0 spiro atoms. The third kappa shape index (κ3) is 4.00. The summed E-state index contributed by atoms with van der Waals surface area (Å²) in [4.78, 5) is 11.7. The van der Waals surface area contributed by atoms with Crippen LogP contribution in [-0.4, -0.2) is 17.1 Å². The number of hydrogen-bond acceptors (Lipinski definition) is 2. The van der Waals surface area contributed by atoms with E-state index >= 15 is 0 Å². The molecule has 1 aliphatic carbocycles. The summed E-state index contributed by atoms with van der Waals surface area (Å²) in [5.74, 6) is -1.41. The molecule has 0 heterocycles. The van der Waals surface area contributed by atoms with Gasteiger partial charge in [-0.25, -0.2) is 8.78 Å². The second kappa shape index (κ2) is 6.31. The van der Waals surface area contributed by atoms with Crippen molar-refractivity contribution in [2.45, 2.75) is 44.8 Å². The molecule has 2 unspecified atom stereocenters. The van der Waals surface area contributed by atoms with Gasteiger partial charge in [-0.15, -0.1) is 0 Å². The maximum atomic E-state index is 13.1. The Bertz CT molecular complexity index is 489. The lowest BCUT2D eigenvalue weighted by atomic mass is 10.0. The lowest BCUT2D eigenvalue weighted by Crippen LogP contribution is -2.37. The quantitative estimate of drug-likeness (QED) is 0.843. The molecule has 1 saturated carbocycles. The summed E-state index contributed by atoms with van der Waals surface area (Å²) < 4.78 is 25.9. The van der Waals surface area contributed by atoms with Gasteiger partial charge in [0.2, 0.25) is 5.91 Å². The van der Waals surface area contributed by atoms with Crippen molar-refractivity contribution in [2.24, 2.45) is 5.92 Å². The van der Waals surface area contributed by atoms with E-state index in [-0.39, 0.29) is 11.5 Å². The highest BCUT2D eigenvalue weighted by Gasteiger charge is 2.23. The molecular weight excluding hydrogens is 264 g/mol. The molecule has 1 aliphatic rings. The molecule has 1 aromatic carbocycles. The molecule has 2 atom stereocenters. The number of nitrogens with one attached hydrogen (secondary N) is 1. The molecule has 0 radical (unpaired) electrons. The van der Waals surface area contributed by atoms with Crippen molar-refractivity contribution < 1.29 is 18.7 Å². The SMILES string of the molecule is CC(NC(=O)CCC1CC1)C(O)c1ccc(F)c(F)c1.